The van der Waals surface area contributed by atoms with Gasteiger partial charge >= 0.3 is 0 Å². The lowest BCUT2D eigenvalue weighted by atomic mass is 10.00. The summed E-state index contributed by atoms with van der Waals surface area (Å²) in [5.41, 5.74) is 4.74. The first-order chi connectivity index (χ1) is 9.27. The number of hydrogen-bond donors (Lipinski definition) is 2. The molecule has 1 aromatic rings. The van der Waals surface area contributed by atoms with Gasteiger partial charge in [-0.25, -0.2) is 12.8 Å². The Balaban J connectivity index is 2.40. The van der Waals surface area contributed by atoms with Crippen LogP contribution in [-0.2, 0) is 10.0 Å². The normalized spacial score (nSPS) is 18.1. The number of nitrogens with two attached hydrogens (primary N) is 1. The van der Waals surface area contributed by atoms with Crippen molar-refractivity contribution in [3.05, 3.63) is 29.0 Å². The smallest absolute Gasteiger partial charge is 0.243 e. The van der Waals surface area contributed by atoms with Crippen LogP contribution in [0.1, 0.15) is 25.7 Å². The van der Waals surface area contributed by atoms with Crippen molar-refractivity contribution in [3.63, 3.8) is 0 Å². The number of thiocarbonyl (C=S) groups is 1. The average Bonchev–Trinajstić information content (AvgIpc) is 2.81. The molecule has 1 fully saturated rings. The quantitative estimate of drug-likeness (QED) is 0.828. The molecule has 110 valence electrons. The molecule has 0 unspecified atom stereocenters. The van der Waals surface area contributed by atoms with Crippen molar-refractivity contribution in [2.75, 3.05) is 0 Å². The first-order valence-electron chi connectivity index (χ1n) is 6.06. The third kappa shape index (κ3) is 2.95. The van der Waals surface area contributed by atoms with Crippen LogP contribution < -0.4 is 10.5 Å². The van der Waals surface area contributed by atoms with E-state index in [1.807, 2.05) is 0 Å². The monoisotopic (exact) mass is 336 g/mol. The summed E-state index contributed by atoms with van der Waals surface area (Å²) in [4.78, 5) is -0.201. The van der Waals surface area contributed by atoms with Crippen LogP contribution in [0.2, 0.25) is 5.02 Å². The molecule has 0 amide bonds. The summed E-state index contributed by atoms with van der Waals surface area (Å²) in [5, 5.41) is -0.0463. The molecule has 1 aromatic carbocycles. The Hall–Kier alpha value is -0.760. The second-order valence-corrected chi connectivity index (χ2v) is 7.33. The number of benzene rings is 1. The second kappa shape index (κ2) is 5.55. The molecule has 0 aliphatic heterocycles. The first kappa shape index (κ1) is 15.6. The molecule has 2 rings (SSSR count). The van der Waals surface area contributed by atoms with E-state index in [-0.39, 0.29) is 14.9 Å². The predicted octanol–water partition coefficient (Wildman–Crippen LogP) is 2.36. The Labute approximate surface area is 127 Å². The molecule has 3 N–H and O–H groups in total. The van der Waals surface area contributed by atoms with E-state index in [4.69, 9.17) is 29.6 Å². The van der Waals surface area contributed by atoms with E-state index in [0.29, 0.717) is 12.8 Å². The molecular formula is C12H14ClFN2O2S2. The lowest BCUT2D eigenvalue weighted by molar-refractivity contribution is 0.502. The summed E-state index contributed by atoms with van der Waals surface area (Å²) in [6.45, 7) is 0. The van der Waals surface area contributed by atoms with Gasteiger partial charge in [-0.05, 0) is 31.0 Å². The standard InChI is InChI=1S/C12H14ClFN2O2S2/c13-9-4-3-8(14)7-10(9)20(17,18)16-12(11(15)19)5-1-2-6-12/h3-4,7,16H,1-2,5-6H2,(H2,15,19). The molecular weight excluding hydrogens is 323 g/mol. The van der Waals surface area contributed by atoms with Crippen LogP contribution >= 0.6 is 23.8 Å². The van der Waals surface area contributed by atoms with Crippen LogP contribution in [0, 0.1) is 5.82 Å². The van der Waals surface area contributed by atoms with Crippen molar-refractivity contribution in [1.82, 2.24) is 4.72 Å². The zero-order valence-electron chi connectivity index (χ0n) is 10.5. The number of sulfonamides is 1. The van der Waals surface area contributed by atoms with Gasteiger partial charge in [0.15, 0.2) is 0 Å². The number of halogens is 2. The van der Waals surface area contributed by atoms with E-state index in [9.17, 15) is 12.8 Å². The molecule has 0 aromatic heterocycles. The van der Waals surface area contributed by atoms with Crippen molar-refractivity contribution in [2.45, 2.75) is 36.1 Å². The Morgan fingerprint density at radius 3 is 2.55 bits per heavy atom. The lowest BCUT2D eigenvalue weighted by Gasteiger charge is -2.28. The highest BCUT2D eigenvalue weighted by atomic mass is 35.5. The summed E-state index contributed by atoms with van der Waals surface area (Å²) in [6, 6.07) is 3.18. The second-order valence-electron chi connectivity index (χ2n) is 4.83. The Morgan fingerprint density at radius 2 is 2.00 bits per heavy atom. The van der Waals surface area contributed by atoms with E-state index >= 15 is 0 Å². The van der Waals surface area contributed by atoms with Crippen LogP contribution in [0.15, 0.2) is 23.1 Å². The molecule has 0 saturated heterocycles. The van der Waals surface area contributed by atoms with E-state index < -0.39 is 21.4 Å². The third-order valence-electron chi connectivity index (χ3n) is 3.44. The molecule has 0 heterocycles. The highest BCUT2D eigenvalue weighted by molar-refractivity contribution is 7.89. The van der Waals surface area contributed by atoms with Crippen LogP contribution in [0.3, 0.4) is 0 Å². The molecule has 0 atom stereocenters. The fourth-order valence-electron chi connectivity index (χ4n) is 2.37. The SMILES string of the molecule is NC(=S)C1(NS(=O)(=O)c2cc(F)ccc2Cl)CCCC1. The molecule has 4 nitrogen and oxygen atoms in total. The summed E-state index contributed by atoms with van der Waals surface area (Å²) in [7, 11) is -3.99. The highest BCUT2D eigenvalue weighted by Gasteiger charge is 2.41. The van der Waals surface area contributed by atoms with Gasteiger partial charge in [-0.3, -0.25) is 0 Å². The van der Waals surface area contributed by atoms with Crippen molar-refractivity contribution in [1.29, 1.82) is 0 Å². The fourth-order valence-corrected chi connectivity index (χ4v) is 4.65. The zero-order valence-corrected chi connectivity index (χ0v) is 12.9. The van der Waals surface area contributed by atoms with E-state index in [1.54, 1.807) is 0 Å². The number of hydrogen-bond acceptors (Lipinski definition) is 3. The molecule has 1 saturated carbocycles. The summed E-state index contributed by atoms with van der Waals surface area (Å²) < 4.78 is 40.5. The minimum atomic E-state index is -3.99. The minimum Gasteiger partial charge on any atom is -0.392 e. The lowest BCUT2D eigenvalue weighted by Crippen LogP contribution is -2.54. The molecule has 1 aliphatic carbocycles. The molecule has 8 heteroatoms. The predicted molar refractivity (Wildman–Crippen MR) is 79.7 cm³/mol. The molecule has 20 heavy (non-hydrogen) atoms. The van der Waals surface area contributed by atoms with Gasteiger partial charge in [0.05, 0.1) is 15.6 Å². The van der Waals surface area contributed by atoms with E-state index in [2.05, 4.69) is 4.72 Å². The maximum absolute atomic E-state index is 13.2. The van der Waals surface area contributed by atoms with Gasteiger partial charge in [-0.2, -0.15) is 4.72 Å². The van der Waals surface area contributed by atoms with Gasteiger partial charge in [-0.1, -0.05) is 36.7 Å². The van der Waals surface area contributed by atoms with Crippen LogP contribution in [0.4, 0.5) is 4.39 Å². The maximum Gasteiger partial charge on any atom is 0.243 e. The van der Waals surface area contributed by atoms with Crippen molar-refractivity contribution in [2.24, 2.45) is 5.73 Å². The van der Waals surface area contributed by atoms with Gasteiger partial charge in [0.25, 0.3) is 0 Å². The molecule has 0 bridgehead atoms. The third-order valence-corrected chi connectivity index (χ3v) is 5.85. The van der Waals surface area contributed by atoms with Gasteiger partial charge in [0.1, 0.15) is 10.7 Å². The van der Waals surface area contributed by atoms with Crippen LogP contribution in [0.5, 0.6) is 0 Å². The Bertz CT molecular complexity index is 643. The van der Waals surface area contributed by atoms with Crippen LogP contribution in [-0.4, -0.2) is 18.9 Å². The zero-order chi connectivity index (χ0) is 15.0. The summed E-state index contributed by atoms with van der Waals surface area (Å²) >= 11 is 10.8. The minimum absolute atomic E-state index is 0.0463. The van der Waals surface area contributed by atoms with Crippen LogP contribution in [0.25, 0.3) is 0 Å². The average molecular weight is 337 g/mol. The molecule has 0 spiro atoms. The van der Waals surface area contributed by atoms with E-state index in [1.165, 1.54) is 6.07 Å². The number of nitrogens with one attached hydrogen (secondary N) is 1. The highest BCUT2D eigenvalue weighted by Crippen LogP contribution is 2.33. The van der Waals surface area contributed by atoms with E-state index in [0.717, 1.165) is 25.0 Å². The largest absolute Gasteiger partial charge is 0.392 e. The maximum atomic E-state index is 13.2. The summed E-state index contributed by atoms with van der Waals surface area (Å²) in [6.07, 6.45) is 2.73. The van der Waals surface area contributed by atoms with Crippen molar-refractivity contribution < 1.29 is 12.8 Å². The first-order valence-corrected chi connectivity index (χ1v) is 8.33. The van der Waals surface area contributed by atoms with Crippen molar-refractivity contribution in [3.8, 4) is 0 Å². The fraction of sp³-hybridized carbons (Fsp3) is 0.417. The van der Waals surface area contributed by atoms with Crippen molar-refractivity contribution >= 4 is 38.8 Å². The van der Waals surface area contributed by atoms with Gasteiger partial charge in [-0.15, -0.1) is 0 Å². The number of rotatable bonds is 4. The Kier molecular flexibility index (Phi) is 4.34. The van der Waals surface area contributed by atoms with Gasteiger partial charge in [0, 0.05) is 0 Å². The topological polar surface area (TPSA) is 72.2 Å². The van der Waals surface area contributed by atoms with Gasteiger partial charge in [0.2, 0.25) is 10.0 Å². The Morgan fingerprint density at radius 1 is 1.40 bits per heavy atom. The van der Waals surface area contributed by atoms with Gasteiger partial charge < -0.3 is 5.73 Å². The summed E-state index contributed by atoms with van der Waals surface area (Å²) in [5.74, 6) is -0.675. The molecule has 1 aliphatic rings. The molecule has 0 radical (unpaired) electrons.